The van der Waals surface area contributed by atoms with Crippen LogP contribution in [0.15, 0.2) is 52.4 Å². The number of carboxylic acids is 1. The third kappa shape index (κ3) is 2.43. The molecule has 0 fully saturated rings. The molecule has 0 aliphatic rings. The largest absolute Gasteiger partial charge is 0.480 e. The van der Waals surface area contributed by atoms with Crippen LogP contribution in [0.1, 0.15) is 10.8 Å². The molecule has 0 aliphatic carbocycles. The molecule has 2 aromatic rings. The summed E-state index contributed by atoms with van der Waals surface area (Å²) in [4.78, 5) is 15.0. The molecular weight excluding hydrogens is 226 g/mol. The summed E-state index contributed by atoms with van der Waals surface area (Å²) >= 11 is 1.08. The summed E-state index contributed by atoms with van der Waals surface area (Å²) in [6.07, 6.45) is 2.92. The Morgan fingerprint density at radius 2 is 2.12 bits per heavy atom. The van der Waals surface area contributed by atoms with Gasteiger partial charge in [-0.05, 0) is 17.3 Å². The lowest BCUT2D eigenvalue weighted by molar-refractivity contribution is -0.136. The SMILES string of the molecule is O=C(O)C(Sc1ncco1)c1ccccc1. The monoisotopic (exact) mass is 235 g/mol. The van der Waals surface area contributed by atoms with Crippen LogP contribution in [-0.2, 0) is 4.79 Å². The van der Waals surface area contributed by atoms with Gasteiger partial charge in [0.25, 0.3) is 5.22 Å². The van der Waals surface area contributed by atoms with E-state index in [0.717, 1.165) is 17.3 Å². The Kier molecular flexibility index (Phi) is 3.26. The number of oxazole rings is 1. The highest BCUT2D eigenvalue weighted by molar-refractivity contribution is 8.00. The first-order valence-electron chi connectivity index (χ1n) is 4.61. The van der Waals surface area contributed by atoms with Gasteiger partial charge in [0, 0.05) is 0 Å². The Balaban J connectivity index is 2.22. The van der Waals surface area contributed by atoms with E-state index in [-0.39, 0.29) is 0 Å². The quantitative estimate of drug-likeness (QED) is 0.825. The Hall–Kier alpha value is -1.75. The highest BCUT2D eigenvalue weighted by atomic mass is 32.2. The van der Waals surface area contributed by atoms with E-state index in [1.807, 2.05) is 6.07 Å². The molecule has 0 aliphatic heterocycles. The van der Waals surface area contributed by atoms with E-state index in [1.165, 1.54) is 12.5 Å². The second-order valence-corrected chi connectivity index (χ2v) is 4.10. The van der Waals surface area contributed by atoms with Crippen molar-refractivity contribution in [1.82, 2.24) is 4.98 Å². The van der Waals surface area contributed by atoms with Crippen molar-refractivity contribution in [3.63, 3.8) is 0 Å². The van der Waals surface area contributed by atoms with Crippen LogP contribution >= 0.6 is 11.8 Å². The van der Waals surface area contributed by atoms with Gasteiger partial charge in [-0.1, -0.05) is 30.3 Å². The van der Waals surface area contributed by atoms with E-state index in [2.05, 4.69) is 4.98 Å². The van der Waals surface area contributed by atoms with Gasteiger partial charge >= 0.3 is 5.97 Å². The molecule has 1 N–H and O–H groups in total. The number of hydrogen-bond acceptors (Lipinski definition) is 4. The number of carboxylic acid groups (broad SMARTS) is 1. The highest BCUT2D eigenvalue weighted by Crippen LogP contribution is 2.34. The summed E-state index contributed by atoms with van der Waals surface area (Å²) in [6, 6.07) is 9.00. The van der Waals surface area contributed by atoms with Gasteiger partial charge in [0.05, 0.1) is 6.20 Å². The van der Waals surface area contributed by atoms with Crippen molar-refractivity contribution in [2.24, 2.45) is 0 Å². The van der Waals surface area contributed by atoms with Crippen molar-refractivity contribution in [1.29, 1.82) is 0 Å². The summed E-state index contributed by atoms with van der Waals surface area (Å²) in [5, 5.41) is 8.80. The van der Waals surface area contributed by atoms with Crippen LogP contribution in [0.5, 0.6) is 0 Å². The molecular formula is C11H9NO3S. The zero-order chi connectivity index (χ0) is 11.4. The van der Waals surface area contributed by atoms with Gasteiger partial charge in [-0.15, -0.1) is 0 Å². The van der Waals surface area contributed by atoms with Crippen molar-refractivity contribution in [3.8, 4) is 0 Å². The Morgan fingerprint density at radius 1 is 1.38 bits per heavy atom. The summed E-state index contributed by atoms with van der Waals surface area (Å²) in [5.74, 6) is -0.908. The van der Waals surface area contributed by atoms with E-state index in [4.69, 9.17) is 9.52 Å². The Bertz CT molecular complexity index is 455. The van der Waals surface area contributed by atoms with E-state index in [1.54, 1.807) is 24.3 Å². The van der Waals surface area contributed by atoms with Crippen LogP contribution in [-0.4, -0.2) is 16.1 Å². The number of aliphatic carboxylic acids is 1. The molecule has 0 spiro atoms. The topological polar surface area (TPSA) is 63.3 Å². The summed E-state index contributed by atoms with van der Waals surface area (Å²) < 4.78 is 5.02. The van der Waals surface area contributed by atoms with Crippen LogP contribution in [0.2, 0.25) is 0 Å². The van der Waals surface area contributed by atoms with E-state index < -0.39 is 11.2 Å². The molecule has 16 heavy (non-hydrogen) atoms. The lowest BCUT2D eigenvalue weighted by atomic mass is 10.1. The number of nitrogens with zero attached hydrogens (tertiary/aromatic N) is 1. The molecule has 0 amide bonds. The number of rotatable bonds is 4. The van der Waals surface area contributed by atoms with Gasteiger partial charge in [-0.3, -0.25) is 4.79 Å². The molecule has 5 heteroatoms. The summed E-state index contributed by atoms with van der Waals surface area (Å²) in [5.41, 5.74) is 0.721. The number of thioether (sulfide) groups is 1. The fraction of sp³-hybridized carbons (Fsp3) is 0.0909. The lowest BCUT2D eigenvalue weighted by Gasteiger charge is -2.09. The van der Waals surface area contributed by atoms with Gasteiger partial charge in [-0.2, -0.15) is 0 Å². The normalized spacial score (nSPS) is 12.2. The first kappa shape index (κ1) is 10.8. The van der Waals surface area contributed by atoms with Crippen molar-refractivity contribution in [2.75, 3.05) is 0 Å². The number of hydrogen-bond donors (Lipinski definition) is 1. The lowest BCUT2D eigenvalue weighted by Crippen LogP contribution is -2.07. The van der Waals surface area contributed by atoms with Gasteiger partial charge in [-0.25, -0.2) is 4.98 Å². The fourth-order valence-electron chi connectivity index (χ4n) is 1.26. The molecule has 82 valence electrons. The number of benzene rings is 1. The number of aromatic nitrogens is 1. The fourth-order valence-corrected chi connectivity index (χ4v) is 2.09. The maximum absolute atomic E-state index is 11.1. The highest BCUT2D eigenvalue weighted by Gasteiger charge is 2.22. The van der Waals surface area contributed by atoms with Crippen molar-refractivity contribution in [3.05, 3.63) is 48.4 Å². The van der Waals surface area contributed by atoms with Gasteiger partial charge in [0.1, 0.15) is 11.5 Å². The van der Waals surface area contributed by atoms with Gasteiger partial charge < -0.3 is 9.52 Å². The van der Waals surface area contributed by atoms with Gasteiger partial charge in [0.2, 0.25) is 0 Å². The molecule has 1 aromatic carbocycles. The molecule has 1 unspecified atom stereocenters. The van der Waals surface area contributed by atoms with Crippen molar-refractivity contribution < 1.29 is 14.3 Å². The minimum atomic E-state index is -0.908. The smallest absolute Gasteiger partial charge is 0.321 e. The Morgan fingerprint density at radius 3 is 2.69 bits per heavy atom. The molecule has 0 radical (unpaired) electrons. The predicted octanol–water partition coefficient (Wildman–Crippen LogP) is 2.59. The maximum Gasteiger partial charge on any atom is 0.321 e. The second-order valence-electron chi connectivity index (χ2n) is 3.04. The van der Waals surface area contributed by atoms with Crippen LogP contribution < -0.4 is 0 Å². The molecule has 0 saturated heterocycles. The molecule has 4 nitrogen and oxygen atoms in total. The zero-order valence-corrected chi connectivity index (χ0v) is 9.05. The van der Waals surface area contributed by atoms with E-state index in [0.29, 0.717) is 5.22 Å². The van der Waals surface area contributed by atoms with Crippen LogP contribution in [0.4, 0.5) is 0 Å². The maximum atomic E-state index is 11.1. The average Bonchev–Trinajstić information content (AvgIpc) is 2.79. The molecule has 0 bridgehead atoms. The summed E-state index contributed by atoms with van der Waals surface area (Å²) in [6.45, 7) is 0. The predicted molar refractivity (Wildman–Crippen MR) is 59.2 cm³/mol. The van der Waals surface area contributed by atoms with Gasteiger partial charge in [0.15, 0.2) is 0 Å². The Labute approximate surface area is 96.3 Å². The molecule has 1 atom stereocenters. The number of carbonyl (C=O) groups is 1. The van der Waals surface area contributed by atoms with Crippen LogP contribution in [0.3, 0.4) is 0 Å². The molecule has 1 aromatic heterocycles. The second kappa shape index (κ2) is 4.85. The average molecular weight is 235 g/mol. The standard InChI is InChI=1S/C11H9NO3S/c13-10(14)9(8-4-2-1-3-5-8)16-11-12-6-7-15-11/h1-7,9H,(H,13,14). The minimum Gasteiger partial charge on any atom is -0.480 e. The molecule has 0 saturated carbocycles. The first-order chi connectivity index (χ1) is 7.77. The minimum absolute atomic E-state index is 0.358. The van der Waals surface area contributed by atoms with Crippen molar-refractivity contribution >= 4 is 17.7 Å². The third-order valence-corrected chi connectivity index (χ3v) is 3.07. The zero-order valence-electron chi connectivity index (χ0n) is 8.24. The van der Waals surface area contributed by atoms with E-state index in [9.17, 15) is 4.79 Å². The van der Waals surface area contributed by atoms with Crippen LogP contribution in [0.25, 0.3) is 0 Å². The first-order valence-corrected chi connectivity index (χ1v) is 5.49. The summed E-state index contributed by atoms with van der Waals surface area (Å²) in [7, 11) is 0. The van der Waals surface area contributed by atoms with Crippen LogP contribution in [0, 0.1) is 0 Å². The van der Waals surface area contributed by atoms with E-state index >= 15 is 0 Å². The molecule has 1 heterocycles. The van der Waals surface area contributed by atoms with Crippen molar-refractivity contribution in [2.45, 2.75) is 10.5 Å². The molecule has 2 rings (SSSR count). The third-order valence-electron chi connectivity index (χ3n) is 1.95.